The molecule has 40 heavy (non-hydrogen) atoms. The van der Waals surface area contributed by atoms with E-state index in [2.05, 4.69) is 38.8 Å². The Balaban J connectivity index is 1.87. The summed E-state index contributed by atoms with van der Waals surface area (Å²) in [6.45, 7) is 11.9. The number of aromatic nitrogens is 2. The Morgan fingerprint density at radius 1 is 0.950 bits per heavy atom. The van der Waals surface area contributed by atoms with Crippen LogP contribution in [0.3, 0.4) is 0 Å². The quantitative estimate of drug-likeness (QED) is 0.182. The van der Waals surface area contributed by atoms with Gasteiger partial charge in [-0.1, -0.05) is 62.2 Å². The third-order valence-corrected chi connectivity index (χ3v) is 12.8. The van der Waals surface area contributed by atoms with Gasteiger partial charge in [0.1, 0.15) is 27.9 Å². The summed E-state index contributed by atoms with van der Waals surface area (Å²) in [5.41, 5.74) is 2.34. The number of rotatable bonds is 9. The first kappa shape index (κ1) is 29.9. The molecule has 0 bridgehead atoms. The van der Waals surface area contributed by atoms with Crippen molar-refractivity contribution in [2.24, 2.45) is 0 Å². The lowest BCUT2D eigenvalue weighted by atomic mass is 10.1. The molecule has 1 heterocycles. The molecule has 0 unspecified atom stereocenters. The highest BCUT2D eigenvalue weighted by Crippen LogP contribution is 2.48. The Labute approximate surface area is 246 Å². The standard InChI is InChI=1S/C30H35Cl2N3O4Si/c1-30(2,3)40(6,7)39-16-15-34(28-26(31)24(37-4)18-25(38-5)27(28)32)21-13-14-23-22(17-21)29(36)35(19-33-23)20-11-9-8-10-12-20/h8-14,17-19H,15-16H2,1-7H3. The summed E-state index contributed by atoms with van der Waals surface area (Å²) in [6, 6.07) is 16.6. The van der Waals surface area contributed by atoms with E-state index in [1.165, 1.54) is 18.8 Å². The molecule has 0 aliphatic heterocycles. The van der Waals surface area contributed by atoms with E-state index in [1.54, 1.807) is 12.4 Å². The van der Waals surface area contributed by atoms with Crippen molar-refractivity contribution in [3.8, 4) is 17.2 Å². The summed E-state index contributed by atoms with van der Waals surface area (Å²) in [5, 5.41) is 1.16. The van der Waals surface area contributed by atoms with Gasteiger partial charge in [0.25, 0.3) is 5.56 Å². The van der Waals surface area contributed by atoms with E-state index >= 15 is 0 Å². The van der Waals surface area contributed by atoms with Crippen LogP contribution in [0.1, 0.15) is 20.8 Å². The fraction of sp³-hybridized carbons (Fsp3) is 0.333. The smallest absolute Gasteiger partial charge is 0.265 e. The normalized spacial score (nSPS) is 12.0. The zero-order chi connectivity index (χ0) is 29.2. The number of hydrogen-bond donors (Lipinski definition) is 0. The second kappa shape index (κ2) is 11.8. The first-order valence-electron chi connectivity index (χ1n) is 13.0. The molecule has 0 saturated heterocycles. The molecular formula is C30H35Cl2N3O4Si. The van der Waals surface area contributed by atoms with Crippen molar-refractivity contribution in [2.75, 3.05) is 32.3 Å². The lowest BCUT2D eigenvalue weighted by Crippen LogP contribution is -2.42. The van der Waals surface area contributed by atoms with Crippen LogP contribution in [0.5, 0.6) is 11.5 Å². The van der Waals surface area contributed by atoms with Gasteiger partial charge in [-0.2, -0.15) is 0 Å². The molecule has 0 fully saturated rings. The van der Waals surface area contributed by atoms with E-state index in [-0.39, 0.29) is 10.6 Å². The van der Waals surface area contributed by atoms with Crippen molar-refractivity contribution in [1.82, 2.24) is 9.55 Å². The van der Waals surface area contributed by atoms with Crippen LogP contribution < -0.4 is 19.9 Å². The van der Waals surface area contributed by atoms with Crippen LogP contribution in [0.15, 0.2) is 65.7 Å². The minimum Gasteiger partial charge on any atom is -0.495 e. The molecular weight excluding hydrogens is 565 g/mol. The van der Waals surface area contributed by atoms with Gasteiger partial charge in [-0.3, -0.25) is 9.36 Å². The molecule has 4 aromatic rings. The second-order valence-corrected chi connectivity index (χ2v) is 16.5. The van der Waals surface area contributed by atoms with Gasteiger partial charge in [-0.15, -0.1) is 0 Å². The van der Waals surface area contributed by atoms with Gasteiger partial charge in [0.15, 0.2) is 8.32 Å². The molecule has 0 radical (unpaired) electrons. The van der Waals surface area contributed by atoms with Crippen LogP contribution in [-0.2, 0) is 4.43 Å². The highest BCUT2D eigenvalue weighted by Gasteiger charge is 2.37. The van der Waals surface area contributed by atoms with E-state index in [0.717, 1.165) is 5.69 Å². The second-order valence-electron chi connectivity index (χ2n) is 11.0. The Morgan fingerprint density at radius 3 is 2.15 bits per heavy atom. The van der Waals surface area contributed by atoms with Crippen LogP contribution in [0, 0.1) is 0 Å². The molecule has 0 aliphatic carbocycles. The van der Waals surface area contributed by atoms with Crippen molar-refractivity contribution in [3.05, 3.63) is 81.3 Å². The number of fused-ring (bicyclic) bond motifs is 1. The molecule has 1 aromatic heterocycles. The summed E-state index contributed by atoms with van der Waals surface area (Å²) >= 11 is 13.7. The third kappa shape index (κ3) is 5.86. The first-order valence-corrected chi connectivity index (χ1v) is 16.6. The van der Waals surface area contributed by atoms with E-state index in [0.29, 0.717) is 57.0 Å². The number of benzene rings is 3. The molecule has 212 valence electrons. The van der Waals surface area contributed by atoms with Crippen molar-refractivity contribution in [1.29, 1.82) is 0 Å². The molecule has 0 saturated carbocycles. The largest absolute Gasteiger partial charge is 0.495 e. The molecule has 0 spiro atoms. The number of para-hydroxylation sites is 1. The zero-order valence-corrected chi connectivity index (χ0v) is 26.4. The minimum absolute atomic E-state index is 0.0451. The fourth-order valence-corrected chi connectivity index (χ4v) is 5.88. The molecule has 7 nitrogen and oxygen atoms in total. The van der Waals surface area contributed by atoms with Crippen molar-refractivity contribution >= 4 is 53.8 Å². The lowest BCUT2D eigenvalue weighted by Gasteiger charge is -2.37. The van der Waals surface area contributed by atoms with Crippen molar-refractivity contribution in [2.45, 2.75) is 38.9 Å². The van der Waals surface area contributed by atoms with E-state index < -0.39 is 8.32 Å². The summed E-state index contributed by atoms with van der Waals surface area (Å²) in [4.78, 5) is 20.1. The van der Waals surface area contributed by atoms with Crippen LogP contribution in [-0.4, -0.2) is 45.2 Å². The Kier molecular flexibility index (Phi) is 8.85. The molecule has 4 rings (SSSR count). The number of ether oxygens (including phenoxy) is 2. The van der Waals surface area contributed by atoms with Crippen molar-refractivity contribution < 1.29 is 13.9 Å². The SMILES string of the molecule is COc1cc(OC)c(Cl)c(N(CCO[Si](C)(C)C(C)(C)C)c2ccc3ncn(-c4ccccc4)c(=O)c3c2)c1Cl. The van der Waals surface area contributed by atoms with Gasteiger partial charge in [0.2, 0.25) is 0 Å². The zero-order valence-electron chi connectivity index (χ0n) is 23.9. The predicted molar refractivity (Wildman–Crippen MR) is 167 cm³/mol. The van der Waals surface area contributed by atoms with Gasteiger partial charge in [0.05, 0.1) is 43.1 Å². The third-order valence-electron chi connectivity index (χ3n) is 7.49. The maximum atomic E-state index is 13.6. The summed E-state index contributed by atoms with van der Waals surface area (Å²) in [5.74, 6) is 0.837. The van der Waals surface area contributed by atoms with Gasteiger partial charge < -0.3 is 18.8 Å². The molecule has 0 atom stereocenters. The highest BCUT2D eigenvalue weighted by atomic mass is 35.5. The number of nitrogens with zero attached hydrogens (tertiary/aromatic N) is 3. The number of halogens is 2. The molecule has 0 aliphatic rings. The average Bonchev–Trinajstić information content (AvgIpc) is 2.92. The maximum Gasteiger partial charge on any atom is 0.265 e. The topological polar surface area (TPSA) is 65.8 Å². The van der Waals surface area contributed by atoms with Crippen molar-refractivity contribution in [3.63, 3.8) is 0 Å². The highest BCUT2D eigenvalue weighted by molar-refractivity contribution is 6.74. The number of methoxy groups -OCH3 is 2. The molecule has 10 heteroatoms. The van der Waals surface area contributed by atoms with E-state index in [4.69, 9.17) is 37.1 Å². The Hall–Kier alpha value is -3.04. The predicted octanol–water partition coefficient (Wildman–Crippen LogP) is 7.87. The average molecular weight is 601 g/mol. The first-order chi connectivity index (χ1) is 18.9. The van der Waals surface area contributed by atoms with Crippen LogP contribution in [0.25, 0.3) is 16.6 Å². The van der Waals surface area contributed by atoms with Gasteiger partial charge in [-0.05, 0) is 48.5 Å². The Bertz CT molecular complexity index is 1540. The minimum atomic E-state index is -2.04. The summed E-state index contributed by atoms with van der Waals surface area (Å²) in [6.07, 6.45) is 1.55. The lowest BCUT2D eigenvalue weighted by molar-refractivity contribution is 0.297. The maximum absolute atomic E-state index is 13.6. The molecule has 0 amide bonds. The van der Waals surface area contributed by atoms with Crippen LogP contribution >= 0.6 is 23.2 Å². The monoisotopic (exact) mass is 599 g/mol. The molecule has 0 N–H and O–H groups in total. The van der Waals surface area contributed by atoms with E-state index in [1.807, 2.05) is 53.4 Å². The number of anilines is 2. The van der Waals surface area contributed by atoms with Crippen LogP contribution in [0.4, 0.5) is 11.4 Å². The van der Waals surface area contributed by atoms with Crippen LogP contribution in [0.2, 0.25) is 28.2 Å². The van der Waals surface area contributed by atoms with Gasteiger partial charge in [0, 0.05) is 18.3 Å². The van der Waals surface area contributed by atoms with Gasteiger partial charge in [-0.25, -0.2) is 4.98 Å². The summed E-state index contributed by atoms with van der Waals surface area (Å²) < 4.78 is 19.1. The molecule has 3 aromatic carbocycles. The summed E-state index contributed by atoms with van der Waals surface area (Å²) in [7, 11) is 1.04. The Morgan fingerprint density at radius 2 is 1.57 bits per heavy atom. The fourth-order valence-electron chi connectivity index (χ4n) is 4.14. The van der Waals surface area contributed by atoms with Gasteiger partial charge >= 0.3 is 0 Å². The van der Waals surface area contributed by atoms with E-state index in [9.17, 15) is 4.79 Å². The number of hydrogen-bond acceptors (Lipinski definition) is 6.